The first-order valence-corrected chi connectivity index (χ1v) is 6.35. The molecule has 0 amide bonds. The Kier molecular flexibility index (Phi) is 3.89. The predicted molar refractivity (Wildman–Crippen MR) is 73.3 cm³/mol. The summed E-state index contributed by atoms with van der Waals surface area (Å²) in [4.78, 5) is 0. The van der Waals surface area contributed by atoms with Gasteiger partial charge in [0.2, 0.25) is 0 Å². The molecule has 2 rings (SSSR count). The molecular formula is C14H14ClN3O. The molecular weight excluding hydrogens is 262 g/mol. The number of aliphatic hydroxyl groups excluding tert-OH is 1. The second kappa shape index (κ2) is 5.43. The summed E-state index contributed by atoms with van der Waals surface area (Å²) in [5.41, 5.74) is 2.67. The summed E-state index contributed by atoms with van der Waals surface area (Å²) < 4.78 is 1.56. The maximum atomic E-state index is 9.42. The summed E-state index contributed by atoms with van der Waals surface area (Å²) in [7, 11) is 0. The molecule has 0 atom stereocenters. The Morgan fingerprint density at radius 2 is 2.21 bits per heavy atom. The molecule has 0 aliphatic heterocycles. The van der Waals surface area contributed by atoms with Crippen LogP contribution in [0.25, 0.3) is 5.69 Å². The maximum absolute atomic E-state index is 9.42. The number of nitriles is 1. The van der Waals surface area contributed by atoms with E-state index in [1.807, 2.05) is 19.9 Å². The third-order valence-electron chi connectivity index (χ3n) is 2.88. The van der Waals surface area contributed by atoms with Crippen LogP contribution in [-0.4, -0.2) is 14.9 Å². The normalized spacial score (nSPS) is 10.7. The number of halogens is 1. The molecule has 5 heteroatoms. The Morgan fingerprint density at radius 1 is 1.47 bits per heavy atom. The lowest BCUT2D eigenvalue weighted by Crippen LogP contribution is -1.98. The monoisotopic (exact) mass is 275 g/mol. The highest BCUT2D eigenvalue weighted by atomic mass is 35.5. The predicted octanol–water partition coefficient (Wildman–Crippen LogP) is 3.01. The maximum Gasteiger partial charge on any atom is 0.138 e. The third-order valence-corrected chi connectivity index (χ3v) is 3.26. The van der Waals surface area contributed by atoms with Crippen molar-refractivity contribution < 1.29 is 5.11 Å². The molecule has 0 aliphatic carbocycles. The van der Waals surface area contributed by atoms with Gasteiger partial charge < -0.3 is 5.11 Å². The Morgan fingerprint density at radius 3 is 2.74 bits per heavy atom. The highest BCUT2D eigenvalue weighted by Gasteiger charge is 2.18. The largest absolute Gasteiger partial charge is 0.391 e. The summed E-state index contributed by atoms with van der Waals surface area (Å²) in [6.45, 7) is 3.84. The van der Waals surface area contributed by atoms with Crippen LogP contribution in [-0.2, 0) is 6.61 Å². The van der Waals surface area contributed by atoms with Crippen molar-refractivity contribution in [2.75, 3.05) is 0 Å². The summed E-state index contributed by atoms with van der Waals surface area (Å²) >= 11 is 6.26. The minimum atomic E-state index is -0.149. The molecule has 1 aromatic heterocycles. The first-order chi connectivity index (χ1) is 9.08. The van der Waals surface area contributed by atoms with Crippen molar-refractivity contribution in [3.05, 3.63) is 46.2 Å². The fraction of sp³-hybridized carbons (Fsp3) is 0.286. The zero-order valence-corrected chi connectivity index (χ0v) is 11.5. The lowest BCUT2D eigenvalue weighted by molar-refractivity contribution is 0.280. The van der Waals surface area contributed by atoms with E-state index in [0.29, 0.717) is 22.0 Å². The van der Waals surface area contributed by atoms with Crippen LogP contribution in [0.2, 0.25) is 5.15 Å². The van der Waals surface area contributed by atoms with E-state index in [2.05, 4.69) is 11.2 Å². The molecule has 0 fully saturated rings. The highest BCUT2D eigenvalue weighted by molar-refractivity contribution is 6.30. The fourth-order valence-corrected chi connectivity index (χ4v) is 2.23. The molecule has 0 saturated heterocycles. The summed E-state index contributed by atoms with van der Waals surface area (Å²) in [5, 5.41) is 23.2. The summed E-state index contributed by atoms with van der Waals surface area (Å²) in [6, 6.07) is 9.11. The number of aromatic nitrogens is 2. The van der Waals surface area contributed by atoms with E-state index >= 15 is 0 Å². The first kappa shape index (κ1) is 13.6. The van der Waals surface area contributed by atoms with Crippen LogP contribution < -0.4 is 0 Å². The molecule has 0 radical (unpaired) electrons. The van der Waals surface area contributed by atoms with E-state index in [0.717, 1.165) is 5.69 Å². The van der Waals surface area contributed by atoms with Gasteiger partial charge >= 0.3 is 0 Å². The van der Waals surface area contributed by atoms with Crippen molar-refractivity contribution in [1.82, 2.24) is 9.78 Å². The SMILES string of the molecule is CC(C)c1nn(-c2cccc(C#N)c2)c(Cl)c1CO. The molecule has 0 aliphatic rings. The van der Waals surface area contributed by atoms with Gasteiger partial charge in [0, 0.05) is 5.56 Å². The van der Waals surface area contributed by atoms with Gasteiger partial charge in [-0.15, -0.1) is 0 Å². The van der Waals surface area contributed by atoms with E-state index in [1.54, 1.807) is 22.9 Å². The molecule has 1 aromatic carbocycles. The molecule has 0 bridgehead atoms. The minimum Gasteiger partial charge on any atom is -0.391 e. The smallest absolute Gasteiger partial charge is 0.138 e. The fourth-order valence-electron chi connectivity index (χ4n) is 1.93. The minimum absolute atomic E-state index is 0.149. The Bertz CT molecular complexity index is 641. The van der Waals surface area contributed by atoms with Crippen molar-refractivity contribution in [3.8, 4) is 11.8 Å². The zero-order chi connectivity index (χ0) is 14.0. The standard InChI is InChI=1S/C14H14ClN3O/c1-9(2)13-12(8-19)14(15)18(17-13)11-5-3-4-10(6-11)7-16/h3-6,9,19H,8H2,1-2H3. The van der Waals surface area contributed by atoms with Crippen molar-refractivity contribution >= 4 is 11.6 Å². The number of hydrogen-bond donors (Lipinski definition) is 1. The molecule has 1 heterocycles. The molecule has 4 nitrogen and oxygen atoms in total. The second-order valence-corrected chi connectivity index (χ2v) is 4.90. The van der Waals surface area contributed by atoms with Crippen molar-refractivity contribution in [3.63, 3.8) is 0 Å². The van der Waals surface area contributed by atoms with Crippen LogP contribution in [0.15, 0.2) is 24.3 Å². The molecule has 19 heavy (non-hydrogen) atoms. The average molecular weight is 276 g/mol. The number of rotatable bonds is 3. The van der Waals surface area contributed by atoms with Crippen LogP contribution in [0.4, 0.5) is 0 Å². The van der Waals surface area contributed by atoms with Crippen LogP contribution in [0.1, 0.15) is 36.6 Å². The van der Waals surface area contributed by atoms with Gasteiger partial charge in [0.15, 0.2) is 0 Å². The number of aliphatic hydroxyl groups is 1. The molecule has 98 valence electrons. The molecule has 1 N–H and O–H groups in total. The third kappa shape index (κ3) is 2.48. The van der Waals surface area contributed by atoms with Gasteiger partial charge in [-0.3, -0.25) is 0 Å². The van der Waals surface area contributed by atoms with E-state index in [4.69, 9.17) is 16.9 Å². The average Bonchev–Trinajstić information content (AvgIpc) is 2.76. The van der Waals surface area contributed by atoms with Crippen LogP contribution in [0, 0.1) is 11.3 Å². The Hall–Kier alpha value is -1.83. The zero-order valence-electron chi connectivity index (χ0n) is 10.8. The van der Waals surface area contributed by atoms with Crippen LogP contribution in [0.5, 0.6) is 0 Å². The van der Waals surface area contributed by atoms with E-state index in [-0.39, 0.29) is 12.5 Å². The van der Waals surface area contributed by atoms with Crippen molar-refractivity contribution in [1.29, 1.82) is 5.26 Å². The quantitative estimate of drug-likeness (QED) is 0.937. The Balaban J connectivity index is 2.60. The molecule has 0 saturated carbocycles. The van der Waals surface area contributed by atoms with E-state index in [1.165, 1.54) is 0 Å². The second-order valence-electron chi connectivity index (χ2n) is 4.54. The molecule has 0 spiro atoms. The topological polar surface area (TPSA) is 61.8 Å². The van der Waals surface area contributed by atoms with Gasteiger partial charge in [-0.1, -0.05) is 31.5 Å². The summed E-state index contributed by atoms with van der Waals surface area (Å²) in [6.07, 6.45) is 0. The molecule has 2 aromatic rings. The van der Waals surface area contributed by atoms with Gasteiger partial charge in [0.1, 0.15) is 5.15 Å². The van der Waals surface area contributed by atoms with Crippen molar-refractivity contribution in [2.24, 2.45) is 0 Å². The van der Waals surface area contributed by atoms with E-state index < -0.39 is 0 Å². The number of hydrogen-bond acceptors (Lipinski definition) is 3. The van der Waals surface area contributed by atoms with Gasteiger partial charge in [-0.05, 0) is 24.1 Å². The van der Waals surface area contributed by atoms with Gasteiger partial charge in [-0.2, -0.15) is 10.4 Å². The van der Waals surface area contributed by atoms with E-state index in [9.17, 15) is 5.11 Å². The number of nitrogens with zero attached hydrogens (tertiary/aromatic N) is 3. The van der Waals surface area contributed by atoms with Crippen LogP contribution >= 0.6 is 11.6 Å². The van der Waals surface area contributed by atoms with Crippen LogP contribution in [0.3, 0.4) is 0 Å². The lowest BCUT2D eigenvalue weighted by atomic mass is 10.1. The van der Waals surface area contributed by atoms with Gasteiger partial charge in [0.05, 0.1) is 29.6 Å². The van der Waals surface area contributed by atoms with Crippen molar-refractivity contribution in [2.45, 2.75) is 26.4 Å². The lowest BCUT2D eigenvalue weighted by Gasteiger charge is -2.03. The molecule has 0 unspecified atom stereocenters. The van der Waals surface area contributed by atoms with Gasteiger partial charge in [-0.25, -0.2) is 4.68 Å². The highest BCUT2D eigenvalue weighted by Crippen LogP contribution is 2.28. The Labute approximate surface area is 116 Å². The number of benzene rings is 1. The van der Waals surface area contributed by atoms with Gasteiger partial charge in [0.25, 0.3) is 0 Å². The first-order valence-electron chi connectivity index (χ1n) is 5.97. The summed E-state index contributed by atoms with van der Waals surface area (Å²) in [5.74, 6) is 0.167.